The number of hydrogen-bond acceptors (Lipinski definition) is 3. The minimum absolute atomic E-state index is 0.0741. The van der Waals surface area contributed by atoms with Gasteiger partial charge >= 0.3 is 0 Å². The molecule has 0 atom stereocenters. The summed E-state index contributed by atoms with van der Waals surface area (Å²) in [4.78, 5) is 4.46. The molecule has 0 bridgehead atoms. The zero-order valence-electron chi connectivity index (χ0n) is 11.9. The first-order valence-electron chi connectivity index (χ1n) is 6.42. The Balaban J connectivity index is 2.20. The van der Waals surface area contributed by atoms with Crippen LogP contribution in [0.15, 0.2) is 30.5 Å². The summed E-state index contributed by atoms with van der Waals surface area (Å²) >= 11 is 0. The number of nitrogens with one attached hydrogen (secondary N) is 1. The number of benzene rings is 1. The van der Waals surface area contributed by atoms with Gasteiger partial charge in [-0.1, -0.05) is 0 Å². The van der Waals surface area contributed by atoms with Crippen molar-refractivity contribution >= 4 is 0 Å². The number of phenols is 1. The molecule has 0 aliphatic heterocycles. The van der Waals surface area contributed by atoms with Crippen LogP contribution in [0.4, 0.5) is 0 Å². The number of nitrogens with zero attached hydrogens (tertiary/aromatic N) is 2. The Hall–Kier alpha value is -1.81. The maximum Gasteiger partial charge on any atom is 0.122 e. The molecule has 1 aromatic carbocycles. The lowest BCUT2D eigenvalue weighted by Crippen LogP contribution is -2.35. The monoisotopic (exact) mass is 259 g/mol. The van der Waals surface area contributed by atoms with Crippen LogP contribution in [0.2, 0.25) is 0 Å². The average Bonchev–Trinajstić information content (AvgIpc) is 2.68. The number of aromatic nitrogens is 2. The maximum atomic E-state index is 9.32. The quantitative estimate of drug-likeness (QED) is 0.891. The summed E-state index contributed by atoms with van der Waals surface area (Å²) in [7, 11) is 2.01. The number of aromatic hydroxyl groups is 1. The lowest BCUT2D eigenvalue weighted by atomic mass is 10.1. The van der Waals surface area contributed by atoms with Crippen LogP contribution in [0, 0.1) is 0 Å². The Morgan fingerprint density at radius 1 is 1.21 bits per heavy atom. The highest BCUT2D eigenvalue weighted by Crippen LogP contribution is 2.22. The van der Waals surface area contributed by atoms with Crippen LogP contribution in [0.25, 0.3) is 11.3 Å². The van der Waals surface area contributed by atoms with Gasteiger partial charge in [0, 0.05) is 18.2 Å². The van der Waals surface area contributed by atoms with E-state index in [2.05, 4.69) is 35.6 Å². The summed E-state index contributed by atoms with van der Waals surface area (Å²) < 4.78 is 2.07. The van der Waals surface area contributed by atoms with Crippen LogP contribution >= 0.6 is 0 Å². The van der Waals surface area contributed by atoms with Gasteiger partial charge in [0.05, 0.1) is 18.4 Å². The third kappa shape index (κ3) is 3.35. The fourth-order valence-corrected chi connectivity index (χ4v) is 1.86. The zero-order chi connectivity index (χ0) is 14.0. The summed E-state index contributed by atoms with van der Waals surface area (Å²) in [5.74, 6) is 1.28. The van der Waals surface area contributed by atoms with Crippen molar-refractivity contribution in [1.82, 2.24) is 14.9 Å². The second-order valence-corrected chi connectivity index (χ2v) is 5.77. The van der Waals surface area contributed by atoms with E-state index in [4.69, 9.17) is 0 Å². The summed E-state index contributed by atoms with van der Waals surface area (Å²) in [5.41, 5.74) is 2.17. The van der Waals surface area contributed by atoms with Gasteiger partial charge in [0.25, 0.3) is 0 Å². The van der Waals surface area contributed by atoms with E-state index in [-0.39, 0.29) is 11.3 Å². The molecule has 1 aromatic heterocycles. The molecule has 19 heavy (non-hydrogen) atoms. The zero-order valence-corrected chi connectivity index (χ0v) is 11.9. The minimum Gasteiger partial charge on any atom is -0.508 e. The third-order valence-electron chi connectivity index (χ3n) is 3.02. The molecule has 0 fully saturated rings. The van der Waals surface area contributed by atoms with Gasteiger partial charge in [0.1, 0.15) is 11.6 Å². The van der Waals surface area contributed by atoms with Crippen molar-refractivity contribution in [2.75, 3.05) is 0 Å². The molecule has 4 heteroatoms. The molecule has 0 spiro atoms. The highest BCUT2D eigenvalue weighted by atomic mass is 16.3. The molecule has 2 N–H and O–H groups in total. The average molecular weight is 259 g/mol. The summed E-state index contributed by atoms with van der Waals surface area (Å²) in [6, 6.07) is 7.17. The standard InChI is InChI=1S/C15H21N3O/c1-15(2,3)17-10-14-16-9-13(18(14)4)11-5-7-12(19)8-6-11/h5-9,17,19H,10H2,1-4H3. The first-order valence-corrected chi connectivity index (χ1v) is 6.42. The highest BCUT2D eigenvalue weighted by molar-refractivity contribution is 5.60. The number of hydrogen-bond donors (Lipinski definition) is 2. The smallest absolute Gasteiger partial charge is 0.122 e. The first kappa shape index (κ1) is 13.6. The van der Waals surface area contributed by atoms with Crippen molar-refractivity contribution in [3.05, 3.63) is 36.3 Å². The summed E-state index contributed by atoms with van der Waals surface area (Å²) in [5, 5.41) is 12.7. The molecule has 2 aromatic rings. The Morgan fingerprint density at radius 2 is 1.84 bits per heavy atom. The van der Waals surface area contributed by atoms with Gasteiger partial charge in [-0.05, 0) is 45.0 Å². The molecule has 0 unspecified atom stereocenters. The van der Waals surface area contributed by atoms with Crippen LogP contribution in [0.1, 0.15) is 26.6 Å². The van der Waals surface area contributed by atoms with E-state index in [0.29, 0.717) is 0 Å². The van der Waals surface area contributed by atoms with E-state index >= 15 is 0 Å². The second kappa shape index (κ2) is 5.05. The topological polar surface area (TPSA) is 50.1 Å². The molecule has 4 nitrogen and oxygen atoms in total. The van der Waals surface area contributed by atoms with Crippen molar-refractivity contribution in [2.45, 2.75) is 32.9 Å². The SMILES string of the molecule is Cn1c(-c2ccc(O)cc2)cnc1CNC(C)(C)C. The predicted molar refractivity (Wildman–Crippen MR) is 76.9 cm³/mol. The van der Waals surface area contributed by atoms with Gasteiger partial charge in [-0.15, -0.1) is 0 Å². The molecule has 0 saturated carbocycles. The van der Waals surface area contributed by atoms with Crippen molar-refractivity contribution in [2.24, 2.45) is 7.05 Å². The summed E-state index contributed by atoms with van der Waals surface area (Å²) in [6.45, 7) is 7.14. The van der Waals surface area contributed by atoms with Gasteiger partial charge in [-0.25, -0.2) is 4.98 Å². The summed E-state index contributed by atoms with van der Waals surface area (Å²) in [6.07, 6.45) is 1.87. The predicted octanol–water partition coefficient (Wildman–Crippen LogP) is 2.68. The normalized spacial score (nSPS) is 11.8. The lowest BCUT2D eigenvalue weighted by molar-refractivity contribution is 0.414. The van der Waals surface area contributed by atoms with Crippen molar-refractivity contribution in [1.29, 1.82) is 0 Å². The van der Waals surface area contributed by atoms with E-state index in [1.807, 2.05) is 25.4 Å². The fourth-order valence-electron chi connectivity index (χ4n) is 1.86. The highest BCUT2D eigenvalue weighted by Gasteiger charge is 2.12. The molecule has 1 heterocycles. The van der Waals surface area contributed by atoms with Crippen LogP contribution < -0.4 is 5.32 Å². The van der Waals surface area contributed by atoms with Crippen LogP contribution in [-0.2, 0) is 13.6 Å². The van der Waals surface area contributed by atoms with Crippen LogP contribution in [-0.4, -0.2) is 20.2 Å². The lowest BCUT2D eigenvalue weighted by Gasteiger charge is -2.20. The van der Waals surface area contributed by atoms with Crippen molar-refractivity contribution in [3.8, 4) is 17.0 Å². The van der Waals surface area contributed by atoms with Gasteiger partial charge in [-0.2, -0.15) is 0 Å². The molecule has 0 aliphatic rings. The van der Waals surface area contributed by atoms with Crippen molar-refractivity contribution < 1.29 is 5.11 Å². The second-order valence-electron chi connectivity index (χ2n) is 5.77. The van der Waals surface area contributed by atoms with Crippen molar-refractivity contribution in [3.63, 3.8) is 0 Å². The van der Waals surface area contributed by atoms with E-state index < -0.39 is 0 Å². The fraction of sp³-hybridized carbons (Fsp3) is 0.400. The molecular formula is C15H21N3O. The van der Waals surface area contributed by atoms with Crippen LogP contribution in [0.5, 0.6) is 5.75 Å². The van der Waals surface area contributed by atoms with E-state index in [1.54, 1.807) is 12.1 Å². The number of rotatable bonds is 3. The first-order chi connectivity index (χ1) is 8.87. The van der Waals surface area contributed by atoms with Gasteiger partial charge in [-0.3, -0.25) is 0 Å². The van der Waals surface area contributed by atoms with Gasteiger partial charge in [0.2, 0.25) is 0 Å². The molecule has 2 rings (SSSR count). The number of phenolic OH excluding ortho intramolecular Hbond substituents is 1. The molecule has 0 aliphatic carbocycles. The van der Waals surface area contributed by atoms with Gasteiger partial charge < -0.3 is 15.0 Å². The minimum atomic E-state index is 0.0741. The largest absolute Gasteiger partial charge is 0.508 e. The molecule has 0 amide bonds. The van der Waals surface area contributed by atoms with Gasteiger partial charge in [0.15, 0.2) is 0 Å². The molecule has 0 radical (unpaired) electrons. The Labute approximate surface area is 114 Å². The maximum absolute atomic E-state index is 9.32. The molecule has 0 saturated heterocycles. The third-order valence-corrected chi connectivity index (χ3v) is 3.02. The Morgan fingerprint density at radius 3 is 2.42 bits per heavy atom. The van der Waals surface area contributed by atoms with E-state index in [9.17, 15) is 5.11 Å². The Kier molecular flexibility index (Phi) is 3.62. The molecular weight excluding hydrogens is 238 g/mol. The Bertz CT molecular complexity index is 550. The molecule has 102 valence electrons. The van der Waals surface area contributed by atoms with E-state index in [1.165, 1.54) is 0 Å². The number of imidazole rings is 1. The van der Waals surface area contributed by atoms with E-state index in [0.717, 1.165) is 23.6 Å². The van der Waals surface area contributed by atoms with Crippen LogP contribution in [0.3, 0.4) is 0 Å².